The number of hydrogen-bond acceptors (Lipinski definition) is 5. The molecule has 2 rings (SSSR count). The van der Waals surface area contributed by atoms with Gasteiger partial charge < -0.3 is 14.9 Å². The number of anilines is 1. The summed E-state index contributed by atoms with van der Waals surface area (Å²) in [5.41, 5.74) is 0. The third-order valence-electron chi connectivity index (χ3n) is 3.17. The molecule has 0 aromatic carbocycles. The molecule has 0 saturated heterocycles. The Bertz CT molecular complexity index is 532. The Labute approximate surface area is 116 Å². The fraction of sp³-hybridized carbons (Fsp3) is 0.538. The van der Waals surface area contributed by atoms with Gasteiger partial charge in [0, 0.05) is 12.6 Å². The number of hydrogen-bond donors (Lipinski definition) is 0. The van der Waals surface area contributed by atoms with Crippen molar-refractivity contribution >= 4 is 17.5 Å². The number of ether oxygens (including phenoxy) is 1. The Morgan fingerprint density at radius 1 is 1.45 bits per heavy atom. The number of carbonyl (C=O) groups is 1. The highest BCUT2D eigenvalue weighted by Crippen LogP contribution is 2.34. The number of aromatic nitrogens is 1. The van der Waals surface area contributed by atoms with Gasteiger partial charge in [0.1, 0.15) is 0 Å². The van der Waals surface area contributed by atoms with E-state index in [4.69, 9.17) is 4.74 Å². The highest BCUT2D eigenvalue weighted by molar-refractivity contribution is 5.98. The van der Waals surface area contributed by atoms with Gasteiger partial charge in [-0.15, -0.1) is 0 Å². The lowest BCUT2D eigenvalue weighted by Gasteiger charge is -2.29. The van der Waals surface area contributed by atoms with E-state index in [0.29, 0.717) is 12.3 Å². The first kappa shape index (κ1) is 14.2. The lowest BCUT2D eigenvalue weighted by molar-refractivity contribution is -0.389. The van der Waals surface area contributed by atoms with Crippen molar-refractivity contribution in [1.82, 2.24) is 4.98 Å². The van der Waals surface area contributed by atoms with Crippen molar-refractivity contribution in [2.45, 2.75) is 39.2 Å². The second-order valence-electron chi connectivity index (χ2n) is 4.71. The van der Waals surface area contributed by atoms with Crippen LogP contribution in [0.5, 0.6) is 5.75 Å². The van der Waals surface area contributed by atoms with Gasteiger partial charge in [0.05, 0.1) is 0 Å². The topological polar surface area (TPSA) is 85.6 Å². The van der Waals surface area contributed by atoms with E-state index in [1.165, 1.54) is 17.0 Å². The number of amides is 1. The third-order valence-corrected chi connectivity index (χ3v) is 3.17. The van der Waals surface area contributed by atoms with Gasteiger partial charge in [-0.05, 0) is 29.3 Å². The predicted molar refractivity (Wildman–Crippen MR) is 72.9 cm³/mol. The zero-order valence-corrected chi connectivity index (χ0v) is 11.5. The van der Waals surface area contributed by atoms with Crippen LogP contribution in [0.25, 0.3) is 0 Å². The summed E-state index contributed by atoms with van der Waals surface area (Å²) in [5.74, 6) is 0.175. The summed E-state index contributed by atoms with van der Waals surface area (Å²) in [4.78, 5) is 27.8. The molecule has 20 heavy (non-hydrogen) atoms. The van der Waals surface area contributed by atoms with Crippen LogP contribution in [0.1, 0.15) is 33.1 Å². The maximum absolute atomic E-state index is 12.2. The number of fused-ring (bicyclic) bond motifs is 1. The first-order valence-corrected chi connectivity index (χ1v) is 6.68. The Hall–Kier alpha value is -2.18. The lowest BCUT2D eigenvalue weighted by atomic mass is 10.2. The number of rotatable bonds is 5. The van der Waals surface area contributed by atoms with Gasteiger partial charge in [-0.3, -0.25) is 9.69 Å². The zero-order valence-electron chi connectivity index (χ0n) is 11.5. The van der Waals surface area contributed by atoms with Crippen molar-refractivity contribution in [2.24, 2.45) is 0 Å². The molecule has 0 radical (unpaired) electrons. The number of pyridine rings is 1. The minimum Gasteiger partial charge on any atom is -0.475 e. The van der Waals surface area contributed by atoms with Crippen LogP contribution < -0.4 is 9.64 Å². The SMILES string of the molecule is CCCCCN1C(=O)C(C)Oc2ccc([N+](=O)[O-])nc21. The summed E-state index contributed by atoms with van der Waals surface area (Å²) in [5, 5.41) is 10.8. The molecule has 0 N–H and O–H groups in total. The smallest absolute Gasteiger partial charge is 0.366 e. The molecular formula is C13H17N3O4. The van der Waals surface area contributed by atoms with Crippen LogP contribution in [0.15, 0.2) is 12.1 Å². The van der Waals surface area contributed by atoms with Crippen molar-refractivity contribution < 1.29 is 14.5 Å². The van der Waals surface area contributed by atoms with E-state index in [-0.39, 0.29) is 17.5 Å². The van der Waals surface area contributed by atoms with Crippen molar-refractivity contribution in [3.05, 3.63) is 22.2 Å². The molecule has 1 aromatic rings. The van der Waals surface area contributed by atoms with E-state index in [1.807, 2.05) is 0 Å². The summed E-state index contributed by atoms with van der Waals surface area (Å²) in [6.07, 6.45) is 2.26. The minimum absolute atomic E-state index is 0.207. The first-order chi connectivity index (χ1) is 9.54. The van der Waals surface area contributed by atoms with Crippen LogP contribution in [0.4, 0.5) is 11.6 Å². The highest BCUT2D eigenvalue weighted by Gasteiger charge is 2.36. The van der Waals surface area contributed by atoms with Crippen LogP contribution >= 0.6 is 0 Å². The summed E-state index contributed by atoms with van der Waals surface area (Å²) in [6.45, 7) is 4.24. The molecule has 1 aromatic heterocycles. The average molecular weight is 279 g/mol. The lowest BCUT2D eigenvalue weighted by Crippen LogP contribution is -2.45. The van der Waals surface area contributed by atoms with E-state index < -0.39 is 11.0 Å². The number of carbonyl (C=O) groups excluding carboxylic acids is 1. The van der Waals surface area contributed by atoms with Crippen molar-refractivity contribution in [2.75, 3.05) is 11.4 Å². The van der Waals surface area contributed by atoms with Crippen molar-refractivity contribution in [1.29, 1.82) is 0 Å². The van der Waals surface area contributed by atoms with Crippen LogP contribution in [0.3, 0.4) is 0 Å². The van der Waals surface area contributed by atoms with Gasteiger partial charge in [0.15, 0.2) is 11.9 Å². The fourth-order valence-electron chi connectivity index (χ4n) is 2.11. The molecule has 1 amide bonds. The molecule has 0 fully saturated rings. The van der Waals surface area contributed by atoms with E-state index in [1.54, 1.807) is 6.92 Å². The Morgan fingerprint density at radius 2 is 2.20 bits per heavy atom. The molecule has 0 aliphatic carbocycles. The molecule has 1 unspecified atom stereocenters. The molecule has 0 spiro atoms. The monoisotopic (exact) mass is 279 g/mol. The second kappa shape index (κ2) is 5.85. The van der Waals surface area contributed by atoms with Gasteiger partial charge in [-0.25, -0.2) is 0 Å². The standard InChI is InChI=1S/C13H17N3O4/c1-3-4-5-8-15-12-10(20-9(2)13(15)17)6-7-11(14-12)16(18)19/h6-7,9H,3-5,8H2,1-2H3. The first-order valence-electron chi connectivity index (χ1n) is 6.68. The Morgan fingerprint density at radius 3 is 2.85 bits per heavy atom. The van der Waals surface area contributed by atoms with Gasteiger partial charge in [-0.2, -0.15) is 0 Å². The summed E-state index contributed by atoms with van der Waals surface area (Å²) in [7, 11) is 0. The van der Waals surface area contributed by atoms with Crippen LogP contribution in [-0.2, 0) is 4.79 Å². The maximum atomic E-state index is 12.2. The van der Waals surface area contributed by atoms with Gasteiger partial charge in [0.2, 0.25) is 0 Å². The van der Waals surface area contributed by atoms with Crippen molar-refractivity contribution in [3.8, 4) is 5.75 Å². The molecule has 7 heteroatoms. The van der Waals surface area contributed by atoms with Gasteiger partial charge >= 0.3 is 5.82 Å². The fourth-order valence-corrected chi connectivity index (χ4v) is 2.11. The van der Waals surface area contributed by atoms with Crippen molar-refractivity contribution in [3.63, 3.8) is 0 Å². The molecule has 2 heterocycles. The van der Waals surface area contributed by atoms with Crippen LogP contribution in [-0.4, -0.2) is 28.5 Å². The summed E-state index contributed by atoms with van der Waals surface area (Å²) < 4.78 is 5.44. The van der Waals surface area contributed by atoms with Crippen LogP contribution in [0, 0.1) is 10.1 Å². The third kappa shape index (κ3) is 2.71. The number of nitro groups is 1. The molecule has 0 saturated carbocycles. The minimum atomic E-state index is -0.590. The quantitative estimate of drug-likeness (QED) is 0.469. The highest BCUT2D eigenvalue weighted by atomic mass is 16.6. The zero-order chi connectivity index (χ0) is 14.7. The van der Waals surface area contributed by atoms with E-state index in [0.717, 1.165) is 19.3 Å². The largest absolute Gasteiger partial charge is 0.475 e. The van der Waals surface area contributed by atoms with E-state index in [9.17, 15) is 14.9 Å². The predicted octanol–water partition coefficient (Wildman–Crippen LogP) is 2.29. The summed E-state index contributed by atoms with van der Waals surface area (Å²) in [6, 6.07) is 2.78. The molecule has 7 nitrogen and oxygen atoms in total. The molecule has 1 aliphatic rings. The molecule has 1 atom stereocenters. The van der Waals surface area contributed by atoms with Gasteiger partial charge in [-0.1, -0.05) is 19.8 Å². The summed E-state index contributed by atoms with van der Waals surface area (Å²) >= 11 is 0. The second-order valence-corrected chi connectivity index (χ2v) is 4.71. The molecule has 108 valence electrons. The van der Waals surface area contributed by atoms with E-state index >= 15 is 0 Å². The average Bonchev–Trinajstić information content (AvgIpc) is 2.42. The van der Waals surface area contributed by atoms with E-state index in [2.05, 4.69) is 11.9 Å². The molecule has 0 bridgehead atoms. The Balaban J connectivity index is 2.33. The maximum Gasteiger partial charge on any atom is 0.366 e. The number of unbranched alkanes of at least 4 members (excludes halogenated alkanes) is 2. The van der Waals surface area contributed by atoms with Crippen LogP contribution in [0.2, 0.25) is 0 Å². The molecular weight excluding hydrogens is 262 g/mol. The number of nitrogens with zero attached hydrogens (tertiary/aromatic N) is 3. The molecule has 1 aliphatic heterocycles. The Kier molecular flexibility index (Phi) is 4.16. The normalized spacial score (nSPS) is 17.6. The van der Waals surface area contributed by atoms with Gasteiger partial charge in [0.25, 0.3) is 11.7 Å².